The smallest absolute Gasteiger partial charge is 0.374 e. The summed E-state index contributed by atoms with van der Waals surface area (Å²) in [5.41, 5.74) is 0. The van der Waals surface area contributed by atoms with Crippen LogP contribution in [-0.2, 0) is 13.3 Å². The van der Waals surface area contributed by atoms with Crippen LogP contribution in [0, 0.1) is 0 Å². The molecular weight excluding hydrogens is 222 g/mol. The van der Waals surface area contributed by atoms with E-state index >= 15 is 0 Å². The molecule has 3 nitrogen and oxygen atoms in total. The maximum Gasteiger partial charge on any atom is 0.501 e. The molecule has 15 heavy (non-hydrogen) atoms. The van der Waals surface area contributed by atoms with Gasteiger partial charge in [-0.3, -0.25) is 0 Å². The summed E-state index contributed by atoms with van der Waals surface area (Å²) in [7, 11) is -2.84. The highest BCUT2D eigenvalue weighted by molar-refractivity contribution is 6.60. The minimum atomic E-state index is -2.84. The summed E-state index contributed by atoms with van der Waals surface area (Å²) in [4.78, 5) is 0. The molecule has 0 aliphatic rings. The zero-order valence-corrected chi connectivity index (χ0v) is 10.6. The second-order valence-electron chi connectivity index (χ2n) is 2.91. The van der Waals surface area contributed by atoms with Gasteiger partial charge in [-0.05, 0) is 20.8 Å². The van der Waals surface area contributed by atoms with Crippen LogP contribution in [0.15, 0.2) is 0 Å². The number of rotatable bonds is 9. The highest BCUT2D eigenvalue weighted by atomic mass is 28.4. The van der Waals surface area contributed by atoms with E-state index in [1.165, 1.54) is 0 Å². The van der Waals surface area contributed by atoms with Crippen LogP contribution in [0.5, 0.6) is 0 Å². The average molecular weight is 242 g/mol. The minimum absolute atomic E-state index is 0.181. The molecule has 0 radical (unpaired) electrons. The first-order valence-corrected chi connectivity index (χ1v) is 7.23. The number of hydrogen-bond acceptors (Lipinski definition) is 3. The molecule has 0 aliphatic heterocycles. The van der Waals surface area contributed by atoms with Crippen molar-refractivity contribution in [3.63, 3.8) is 0 Å². The molecule has 0 N–H and O–H groups in total. The van der Waals surface area contributed by atoms with E-state index in [9.17, 15) is 8.78 Å². The molecule has 0 amide bonds. The largest absolute Gasteiger partial charge is 0.501 e. The van der Waals surface area contributed by atoms with Crippen molar-refractivity contribution in [2.45, 2.75) is 39.7 Å². The molecule has 0 aliphatic carbocycles. The number of hydrogen-bond donors (Lipinski definition) is 0. The molecule has 0 atom stereocenters. The Bertz CT molecular complexity index is 141. The monoisotopic (exact) mass is 242 g/mol. The van der Waals surface area contributed by atoms with Crippen LogP contribution in [0.1, 0.15) is 27.2 Å². The molecular formula is C9H20F2O3Si. The van der Waals surface area contributed by atoms with E-state index in [0.717, 1.165) is 0 Å². The number of alkyl halides is 2. The van der Waals surface area contributed by atoms with E-state index in [2.05, 4.69) is 0 Å². The lowest BCUT2D eigenvalue weighted by atomic mass is 10.5. The molecule has 0 unspecified atom stereocenters. The Balaban J connectivity index is 4.31. The third kappa shape index (κ3) is 6.19. The van der Waals surface area contributed by atoms with Crippen LogP contribution < -0.4 is 0 Å². The van der Waals surface area contributed by atoms with Crippen LogP contribution in [0.4, 0.5) is 8.78 Å². The van der Waals surface area contributed by atoms with Crippen LogP contribution in [0.25, 0.3) is 0 Å². The lowest BCUT2D eigenvalue weighted by Gasteiger charge is -2.28. The zero-order chi connectivity index (χ0) is 11.7. The molecule has 0 bridgehead atoms. The first-order chi connectivity index (χ1) is 7.10. The topological polar surface area (TPSA) is 27.7 Å². The summed E-state index contributed by atoms with van der Waals surface area (Å²) in [5, 5.41) is 0. The molecule has 0 fully saturated rings. The fraction of sp³-hybridized carbons (Fsp3) is 1.00. The summed E-state index contributed by atoms with van der Waals surface area (Å²) in [6.45, 7) is 6.70. The van der Waals surface area contributed by atoms with Gasteiger partial charge in [0.2, 0.25) is 6.43 Å². The Hall–Kier alpha value is -0.0431. The van der Waals surface area contributed by atoms with Crippen molar-refractivity contribution >= 4 is 8.80 Å². The SMILES string of the molecule is CCO[Si](CCC(F)F)(OCC)OCC. The molecule has 92 valence electrons. The Morgan fingerprint density at radius 3 is 1.60 bits per heavy atom. The third-order valence-corrected chi connectivity index (χ3v) is 4.85. The van der Waals surface area contributed by atoms with Crippen molar-refractivity contribution in [3.05, 3.63) is 0 Å². The van der Waals surface area contributed by atoms with Gasteiger partial charge in [0.15, 0.2) is 0 Å². The van der Waals surface area contributed by atoms with E-state index in [1.54, 1.807) is 0 Å². The predicted octanol–water partition coefficient (Wildman–Crippen LogP) is 2.69. The van der Waals surface area contributed by atoms with Gasteiger partial charge in [0.25, 0.3) is 0 Å². The molecule has 0 saturated carbocycles. The maximum absolute atomic E-state index is 12.1. The van der Waals surface area contributed by atoms with Gasteiger partial charge >= 0.3 is 8.80 Å². The Kier molecular flexibility index (Phi) is 8.13. The molecule has 0 rings (SSSR count). The van der Waals surface area contributed by atoms with E-state index in [1.807, 2.05) is 20.8 Å². The van der Waals surface area contributed by atoms with Gasteiger partial charge in [0.1, 0.15) is 0 Å². The van der Waals surface area contributed by atoms with E-state index in [4.69, 9.17) is 13.3 Å². The minimum Gasteiger partial charge on any atom is -0.374 e. The molecule has 0 aromatic rings. The average Bonchev–Trinajstić information content (AvgIpc) is 2.16. The van der Waals surface area contributed by atoms with Crippen LogP contribution >= 0.6 is 0 Å². The Morgan fingerprint density at radius 1 is 0.933 bits per heavy atom. The third-order valence-electron chi connectivity index (χ3n) is 1.76. The summed E-state index contributed by atoms with van der Waals surface area (Å²) in [6.07, 6.45) is -2.56. The highest BCUT2D eigenvalue weighted by Crippen LogP contribution is 2.20. The van der Waals surface area contributed by atoms with E-state index in [-0.39, 0.29) is 12.5 Å². The normalized spacial score (nSPS) is 12.4. The van der Waals surface area contributed by atoms with Crippen LogP contribution in [0.3, 0.4) is 0 Å². The van der Waals surface area contributed by atoms with E-state index in [0.29, 0.717) is 19.8 Å². The Labute approximate surface area is 91.1 Å². The van der Waals surface area contributed by atoms with Gasteiger partial charge in [0.05, 0.1) is 0 Å². The second-order valence-corrected chi connectivity index (χ2v) is 5.64. The fourth-order valence-corrected chi connectivity index (χ4v) is 3.86. The Morgan fingerprint density at radius 2 is 1.33 bits per heavy atom. The lowest BCUT2D eigenvalue weighted by Crippen LogP contribution is -2.46. The number of halogens is 2. The van der Waals surface area contributed by atoms with Gasteiger partial charge < -0.3 is 13.3 Å². The predicted molar refractivity (Wildman–Crippen MR) is 56.1 cm³/mol. The molecule has 0 aromatic heterocycles. The molecule has 0 heterocycles. The van der Waals surface area contributed by atoms with Crippen LogP contribution in [-0.4, -0.2) is 35.1 Å². The summed E-state index contributed by atoms with van der Waals surface area (Å²) >= 11 is 0. The lowest BCUT2D eigenvalue weighted by molar-refractivity contribution is 0.0620. The van der Waals surface area contributed by atoms with Crippen molar-refractivity contribution in [1.29, 1.82) is 0 Å². The quantitative estimate of drug-likeness (QED) is 0.582. The summed E-state index contributed by atoms with van der Waals surface area (Å²) in [6, 6.07) is 0.181. The van der Waals surface area contributed by atoms with E-state index < -0.39 is 15.2 Å². The van der Waals surface area contributed by atoms with Gasteiger partial charge in [-0.25, -0.2) is 8.78 Å². The van der Waals surface area contributed by atoms with Gasteiger partial charge in [-0.15, -0.1) is 0 Å². The summed E-state index contributed by atoms with van der Waals surface area (Å²) < 4.78 is 40.5. The maximum atomic E-state index is 12.1. The van der Waals surface area contributed by atoms with Gasteiger partial charge in [-0.2, -0.15) is 0 Å². The first kappa shape index (κ1) is 15.0. The summed E-state index contributed by atoms with van der Waals surface area (Å²) in [5.74, 6) is 0. The molecule has 0 saturated heterocycles. The van der Waals surface area contributed by atoms with Crippen molar-refractivity contribution in [1.82, 2.24) is 0 Å². The zero-order valence-electron chi connectivity index (χ0n) is 9.59. The van der Waals surface area contributed by atoms with Crippen molar-refractivity contribution < 1.29 is 22.1 Å². The van der Waals surface area contributed by atoms with Gasteiger partial charge in [-0.1, -0.05) is 0 Å². The second kappa shape index (κ2) is 8.15. The van der Waals surface area contributed by atoms with Crippen molar-refractivity contribution in [2.75, 3.05) is 19.8 Å². The molecule has 0 aromatic carbocycles. The fourth-order valence-electron chi connectivity index (χ4n) is 1.29. The van der Waals surface area contributed by atoms with Crippen LogP contribution in [0.2, 0.25) is 6.04 Å². The standard InChI is InChI=1S/C9H20F2O3Si/c1-4-12-15(13-5-2,14-6-3)8-7-9(10)11/h9H,4-8H2,1-3H3. The molecule has 0 spiro atoms. The van der Waals surface area contributed by atoms with Gasteiger partial charge in [0, 0.05) is 32.3 Å². The highest BCUT2D eigenvalue weighted by Gasteiger charge is 2.40. The van der Waals surface area contributed by atoms with Crippen molar-refractivity contribution in [2.24, 2.45) is 0 Å². The molecule has 6 heteroatoms. The van der Waals surface area contributed by atoms with Crippen molar-refractivity contribution in [3.8, 4) is 0 Å². The first-order valence-electron chi connectivity index (χ1n) is 5.30.